The molecule has 4 bridgehead atoms. The Balaban J connectivity index is 0.000000152. The summed E-state index contributed by atoms with van der Waals surface area (Å²) in [5, 5.41) is 0. The smallest absolute Gasteiger partial charge is 0.00873 e. The van der Waals surface area contributed by atoms with Gasteiger partial charge in [-0.2, -0.15) is 17.2 Å². The number of fused-ring (bicyclic) bond motifs is 5. The number of halogens is 2. The molecule has 4 saturated carbocycles. The van der Waals surface area contributed by atoms with Crippen molar-refractivity contribution in [3.05, 3.63) is 128 Å². The SMILES string of the molecule is CC(C)(C)c1ccc([CH]=[Zr+2])cc1.CC1=[C-]C(C)(C)c2cc3c(cc21)-c1cc2c(cc1C3)C(C)(C)C=C2C.CC1=[C-]C(C)C=C1CC12CC3CC(CC(C3)C1)C2.[Cl-].[Cl-]. The molecule has 0 radical (unpaired) electrons. The van der Waals surface area contributed by atoms with Crippen molar-refractivity contribution in [2.45, 2.75) is 144 Å². The normalized spacial score (nSPS) is 27.0. The largest absolute Gasteiger partial charge is 1.00 e. The quantitative estimate of drug-likeness (QED) is 0.183. The standard InChI is InChI=1S/C25H25.C18H25.C11H14.2ClH.Zr/c1-14-12-24(3,4)22-8-16-7-17-9-23-19(15(2)13-25(23,5)6)11-21(17)20(16)10-18(14)22;1-12-3-13(2)17(4-12)11-18-8-14-5-15(9-18)7-16(6-14)10-18;1-9-5-7-10(8-6-9)11(2,3)4;;;/h8-12H,7H2,1-6H3;4,12,14-16H,5-11H2,1-2H3;1,5-8H,2-4H3;2*1H;/q2*-1;;;;+2/p-2. The number of allylic oxidation sites excluding steroid dienone is 8. The minimum atomic E-state index is 0. The van der Waals surface area contributed by atoms with Gasteiger partial charge >= 0.3 is 89.5 Å². The molecule has 8 aliphatic rings. The maximum atomic E-state index is 3.65. The Labute approximate surface area is 373 Å². The summed E-state index contributed by atoms with van der Waals surface area (Å²) in [5.41, 5.74) is 21.4. The molecular weight excluding hydrogens is 811 g/mol. The fourth-order valence-electron chi connectivity index (χ4n) is 12.4. The van der Waals surface area contributed by atoms with E-state index in [9.17, 15) is 0 Å². The predicted octanol–water partition coefficient (Wildman–Crippen LogP) is 8.06. The summed E-state index contributed by atoms with van der Waals surface area (Å²) in [6, 6.07) is 18.6. The Morgan fingerprint density at radius 1 is 0.737 bits per heavy atom. The van der Waals surface area contributed by atoms with E-state index in [1.807, 2.05) is 0 Å². The summed E-state index contributed by atoms with van der Waals surface area (Å²) < 4.78 is 2.21. The molecule has 57 heavy (non-hydrogen) atoms. The predicted molar refractivity (Wildman–Crippen MR) is 232 cm³/mol. The van der Waals surface area contributed by atoms with E-state index in [-0.39, 0.29) is 41.1 Å². The number of hydrogen-bond acceptors (Lipinski definition) is 0. The second-order valence-electron chi connectivity index (χ2n) is 21.1. The Kier molecular flexibility index (Phi) is 12.6. The van der Waals surface area contributed by atoms with Crippen molar-refractivity contribution < 1.29 is 49.0 Å². The van der Waals surface area contributed by atoms with Gasteiger partial charge in [-0.15, -0.1) is 11.6 Å². The van der Waals surface area contributed by atoms with Gasteiger partial charge in [0.05, 0.1) is 0 Å². The van der Waals surface area contributed by atoms with Crippen molar-refractivity contribution in [1.82, 2.24) is 0 Å². The zero-order chi connectivity index (χ0) is 39.2. The molecule has 0 amide bonds. The minimum absolute atomic E-state index is 0. The molecule has 0 spiro atoms. The fraction of sp³-hybridized carbons (Fsp3) is 0.500. The fourth-order valence-corrected chi connectivity index (χ4v) is 12.8. The topological polar surface area (TPSA) is 0 Å². The molecule has 11 rings (SSSR count). The van der Waals surface area contributed by atoms with Crippen molar-refractivity contribution in [3.8, 4) is 11.1 Å². The van der Waals surface area contributed by atoms with E-state index in [1.54, 1.807) is 44.1 Å². The molecule has 4 fully saturated rings. The molecule has 300 valence electrons. The van der Waals surface area contributed by atoms with Gasteiger partial charge in [-0.1, -0.05) is 84.4 Å². The Morgan fingerprint density at radius 3 is 1.79 bits per heavy atom. The van der Waals surface area contributed by atoms with Crippen LogP contribution in [0.3, 0.4) is 0 Å². The third kappa shape index (κ3) is 8.62. The molecule has 1 atom stereocenters. The second-order valence-corrected chi connectivity index (χ2v) is 21.8. The monoisotopic (exact) mass is 872 g/mol. The molecule has 0 N–H and O–H groups in total. The first-order chi connectivity index (χ1) is 25.8. The van der Waals surface area contributed by atoms with Crippen LogP contribution in [0.15, 0.2) is 71.8 Å². The molecule has 0 aliphatic heterocycles. The van der Waals surface area contributed by atoms with Crippen molar-refractivity contribution >= 4 is 14.9 Å². The van der Waals surface area contributed by atoms with E-state index in [1.165, 1.54) is 103 Å². The van der Waals surface area contributed by atoms with Gasteiger partial charge in [0.1, 0.15) is 0 Å². The first kappa shape index (κ1) is 44.5. The van der Waals surface area contributed by atoms with Gasteiger partial charge < -0.3 is 24.8 Å². The Hall–Kier alpha value is -2.05. The average Bonchev–Trinajstić information content (AvgIpc) is 3.75. The van der Waals surface area contributed by atoms with Crippen LogP contribution in [0.25, 0.3) is 22.3 Å². The molecule has 0 heterocycles. The number of rotatable bonds is 3. The molecule has 0 aromatic heterocycles. The van der Waals surface area contributed by atoms with Gasteiger partial charge in [0, 0.05) is 5.41 Å². The van der Waals surface area contributed by atoms with Crippen LogP contribution in [-0.2, 0) is 46.9 Å². The zero-order valence-electron chi connectivity index (χ0n) is 36.6. The average molecular weight is 875 g/mol. The van der Waals surface area contributed by atoms with Gasteiger partial charge in [-0.25, -0.2) is 11.1 Å². The van der Waals surface area contributed by atoms with Gasteiger partial charge in [0.15, 0.2) is 0 Å². The van der Waals surface area contributed by atoms with Crippen LogP contribution in [-0.4, -0.2) is 3.71 Å². The van der Waals surface area contributed by atoms with Crippen LogP contribution >= 0.6 is 0 Å². The summed E-state index contributed by atoms with van der Waals surface area (Å²) in [5.74, 6) is 3.82. The van der Waals surface area contributed by atoms with Crippen LogP contribution < -0.4 is 24.8 Å². The van der Waals surface area contributed by atoms with Crippen LogP contribution in [0.5, 0.6) is 0 Å². The first-order valence-corrected chi connectivity index (χ1v) is 22.8. The van der Waals surface area contributed by atoms with Crippen LogP contribution in [0.1, 0.15) is 166 Å². The second kappa shape index (κ2) is 16.1. The van der Waals surface area contributed by atoms with E-state index < -0.39 is 0 Å². The van der Waals surface area contributed by atoms with Crippen molar-refractivity contribution in [2.24, 2.45) is 29.1 Å². The van der Waals surface area contributed by atoms with Crippen molar-refractivity contribution in [2.75, 3.05) is 0 Å². The van der Waals surface area contributed by atoms with Gasteiger partial charge in [0.2, 0.25) is 0 Å². The zero-order valence-corrected chi connectivity index (χ0v) is 40.5. The third-order valence-corrected chi connectivity index (χ3v) is 15.3. The Morgan fingerprint density at radius 2 is 1.28 bits per heavy atom. The summed E-state index contributed by atoms with van der Waals surface area (Å²) in [7, 11) is 0. The van der Waals surface area contributed by atoms with E-state index in [0.717, 1.165) is 24.2 Å². The molecule has 3 aromatic rings. The van der Waals surface area contributed by atoms with E-state index in [4.69, 9.17) is 0 Å². The van der Waals surface area contributed by atoms with E-state index >= 15 is 0 Å². The maximum absolute atomic E-state index is 3.65. The van der Waals surface area contributed by atoms with Crippen molar-refractivity contribution in [3.63, 3.8) is 0 Å². The molecule has 1 unspecified atom stereocenters. The summed E-state index contributed by atoms with van der Waals surface area (Å²) in [6.07, 6.45) is 23.9. The molecular formula is C54H64Cl2Zr-2. The van der Waals surface area contributed by atoms with E-state index in [0.29, 0.717) is 11.3 Å². The van der Waals surface area contributed by atoms with Crippen molar-refractivity contribution in [1.29, 1.82) is 0 Å². The van der Waals surface area contributed by atoms with Gasteiger partial charge in [-0.05, 0) is 120 Å². The minimum Gasteiger partial charge on any atom is -1.00 e. The van der Waals surface area contributed by atoms with Crippen LogP contribution in [0.2, 0.25) is 0 Å². The number of hydrogen-bond donors (Lipinski definition) is 0. The third-order valence-electron chi connectivity index (χ3n) is 14.5. The van der Waals surface area contributed by atoms with Gasteiger partial charge in [-0.3, -0.25) is 12.2 Å². The van der Waals surface area contributed by atoms with Crippen LogP contribution in [0, 0.1) is 41.2 Å². The first-order valence-electron chi connectivity index (χ1n) is 21.4. The maximum Gasteiger partial charge on any atom is 0.00873 e. The summed E-state index contributed by atoms with van der Waals surface area (Å²) in [6.45, 7) is 24.9. The van der Waals surface area contributed by atoms with Crippen LogP contribution in [0.4, 0.5) is 0 Å². The summed E-state index contributed by atoms with van der Waals surface area (Å²) >= 11 is 1.46. The van der Waals surface area contributed by atoms with Gasteiger partial charge in [0.25, 0.3) is 0 Å². The van der Waals surface area contributed by atoms with E-state index in [2.05, 4.69) is 153 Å². The Bertz CT molecular complexity index is 2060. The molecule has 0 nitrogen and oxygen atoms in total. The molecule has 3 aromatic carbocycles. The molecule has 0 saturated heterocycles. The number of benzene rings is 3. The summed E-state index contributed by atoms with van der Waals surface area (Å²) in [4.78, 5) is 0. The molecule has 3 heteroatoms. The molecule has 8 aliphatic carbocycles.